The van der Waals surface area contributed by atoms with Gasteiger partial charge >= 0.3 is 6.36 Å². The number of ether oxygens (including phenoxy) is 2. The molecule has 0 atom stereocenters. The molecule has 0 bridgehead atoms. The van der Waals surface area contributed by atoms with Gasteiger partial charge in [-0.2, -0.15) is 0 Å². The van der Waals surface area contributed by atoms with Gasteiger partial charge in [-0.25, -0.2) is 0 Å². The van der Waals surface area contributed by atoms with Gasteiger partial charge in [0.15, 0.2) is 0 Å². The Balaban J connectivity index is 2.13. The summed E-state index contributed by atoms with van der Waals surface area (Å²) in [6.45, 7) is 0.169. The molecule has 19 heavy (non-hydrogen) atoms. The summed E-state index contributed by atoms with van der Waals surface area (Å²) in [6, 6.07) is 5.13. The second-order valence-corrected chi connectivity index (χ2v) is 3.51. The fraction of sp³-hybridized carbons (Fsp3) is 0.273. The van der Waals surface area contributed by atoms with Crippen molar-refractivity contribution in [3.8, 4) is 17.2 Å². The summed E-state index contributed by atoms with van der Waals surface area (Å²) in [6.07, 6.45) is -4.71. The molecule has 5 nitrogen and oxygen atoms in total. The standard InChI is InChI=1S/C11H9F3N2O3/c1-17-6-9-15-16-10(18-9)7-2-4-8(5-3-7)19-11(12,13)14/h2-5H,6H2,1H3. The predicted molar refractivity (Wildman–Crippen MR) is 57.1 cm³/mol. The predicted octanol–water partition coefficient (Wildman–Crippen LogP) is 2.78. The van der Waals surface area contributed by atoms with Gasteiger partial charge in [-0.1, -0.05) is 0 Å². The molecule has 2 aromatic rings. The zero-order valence-corrected chi connectivity index (χ0v) is 9.77. The fourth-order valence-electron chi connectivity index (χ4n) is 1.35. The second kappa shape index (κ2) is 5.27. The molecule has 0 saturated heterocycles. The molecule has 1 heterocycles. The maximum Gasteiger partial charge on any atom is 0.573 e. The number of hydrogen-bond donors (Lipinski definition) is 0. The molecule has 1 aromatic carbocycles. The Morgan fingerprint density at radius 1 is 1.16 bits per heavy atom. The molecule has 8 heteroatoms. The number of alkyl halides is 3. The maximum atomic E-state index is 12.0. The second-order valence-electron chi connectivity index (χ2n) is 3.51. The van der Waals surface area contributed by atoms with Gasteiger partial charge in [0, 0.05) is 12.7 Å². The first-order valence-corrected chi connectivity index (χ1v) is 5.15. The molecule has 1 aromatic heterocycles. The van der Waals surface area contributed by atoms with Crippen LogP contribution in [0, 0.1) is 0 Å². The van der Waals surface area contributed by atoms with Crippen LogP contribution in [-0.4, -0.2) is 23.7 Å². The third kappa shape index (κ3) is 3.68. The van der Waals surface area contributed by atoms with E-state index in [0.29, 0.717) is 5.56 Å². The van der Waals surface area contributed by atoms with Crippen molar-refractivity contribution in [3.63, 3.8) is 0 Å². The zero-order valence-electron chi connectivity index (χ0n) is 9.77. The van der Waals surface area contributed by atoms with Crippen molar-refractivity contribution in [2.75, 3.05) is 7.11 Å². The van der Waals surface area contributed by atoms with Crippen molar-refractivity contribution in [2.45, 2.75) is 13.0 Å². The smallest absolute Gasteiger partial charge is 0.418 e. The van der Waals surface area contributed by atoms with Gasteiger partial charge in [-0.15, -0.1) is 23.4 Å². The lowest BCUT2D eigenvalue weighted by molar-refractivity contribution is -0.274. The molecular formula is C11H9F3N2O3. The summed E-state index contributed by atoms with van der Waals surface area (Å²) in [7, 11) is 1.48. The molecule has 0 fully saturated rings. The van der Waals surface area contributed by atoms with Crippen LogP contribution in [0.15, 0.2) is 28.7 Å². The molecule has 2 rings (SSSR count). The molecule has 0 saturated carbocycles. The van der Waals surface area contributed by atoms with Gasteiger partial charge in [0.05, 0.1) is 0 Å². The van der Waals surface area contributed by atoms with E-state index in [1.54, 1.807) is 0 Å². The Morgan fingerprint density at radius 2 is 1.84 bits per heavy atom. The summed E-state index contributed by atoms with van der Waals surface area (Å²) >= 11 is 0. The van der Waals surface area contributed by atoms with Gasteiger partial charge in [0.25, 0.3) is 0 Å². The zero-order chi connectivity index (χ0) is 13.9. The van der Waals surface area contributed by atoms with Crippen LogP contribution in [0.2, 0.25) is 0 Å². The van der Waals surface area contributed by atoms with Gasteiger partial charge < -0.3 is 13.9 Å². The van der Waals surface area contributed by atoms with E-state index < -0.39 is 6.36 Å². The maximum absolute atomic E-state index is 12.0. The van der Waals surface area contributed by atoms with Crippen LogP contribution in [0.4, 0.5) is 13.2 Å². The minimum absolute atomic E-state index is 0.169. The molecule has 102 valence electrons. The highest BCUT2D eigenvalue weighted by Crippen LogP contribution is 2.25. The Bertz CT molecular complexity index is 537. The number of rotatable bonds is 4. The summed E-state index contributed by atoms with van der Waals surface area (Å²) < 4.78 is 49.7. The van der Waals surface area contributed by atoms with Gasteiger partial charge in [-0.3, -0.25) is 0 Å². The van der Waals surface area contributed by atoms with E-state index in [0.717, 1.165) is 0 Å². The van der Waals surface area contributed by atoms with E-state index in [-0.39, 0.29) is 24.1 Å². The number of aromatic nitrogens is 2. The van der Waals surface area contributed by atoms with Crippen LogP contribution in [-0.2, 0) is 11.3 Å². The van der Waals surface area contributed by atoms with Crippen molar-refractivity contribution in [2.24, 2.45) is 0 Å². The molecule has 0 N–H and O–H groups in total. The number of methoxy groups -OCH3 is 1. The third-order valence-electron chi connectivity index (χ3n) is 2.07. The van der Waals surface area contributed by atoms with Crippen molar-refractivity contribution in [3.05, 3.63) is 30.2 Å². The number of hydrogen-bond acceptors (Lipinski definition) is 5. The first-order chi connectivity index (χ1) is 8.98. The molecule has 0 amide bonds. The first-order valence-electron chi connectivity index (χ1n) is 5.15. The summed E-state index contributed by atoms with van der Waals surface area (Å²) in [5.74, 6) is 0.173. The van der Waals surface area contributed by atoms with Crippen molar-refractivity contribution >= 4 is 0 Å². The fourth-order valence-corrected chi connectivity index (χ4v) is 1.35. The van der Waals surface area contributed by atoms with E-state index in [4.69, 9.17) is 9.15 Å². The summed E-state index contributed by atoms with van der Waals surface area (Å²) in [5, 5.41) is 7.46. The van der Waals surface area contributed by atoms with E-state index in [1.165, 1.54) is 31.4 Å². The number of halogens is 3. The van der Waals surface area contributed by atoms with Crippen LogP contribution in [0.3, 0.4) is 0 Å². The minimum Gasteiger partial charge on any atom is -0.418 e. The molecule has 0 unspecified atom stereocenters. The lowest BCUT2D eigenvalue weighted by Gasteiger charge is -2.08. The highest BCUT2D eigenvalue weighted by molar-refractivity contribution is 5.53. The Hall–Kier alpha value is -2.09. The summed E-state index contributed by atoms with van der Waals surface area (Å²) in [4.78, 5) is 0. The SMILES string of the molecule is COCc1nnc(-c2ccc(OC(F)(F)F)cc2)o1. The molecule has 0 aliphatic rings. The van der Waals surface area contributed by atoms with Crippen molar-refractivity contribution < 1.29 is 27.1 Å². The molecule has 0 radical (unpaired) electrons. The molecule has 0 aliphatic carbocycles. The minimum atomic E-state index is -4.71. The van der Waals surface area contributed by atoms with Crippen molar-refractivity contribution in [1.82, 2.24) is 10.2 Å². The van der Waals surface area contributed by atoms with E-state index in [9.17, 15) is 13.2 Å². The number of nitrogens with zero attached hydrogens (tertiary/aromatic N) is 2. The largest absolute Gasteiger partial charge is 0.573 e. The number of benzene rings is 1. The van der Waals surface area contributed by atoms with Crippen LogP contribution in [0.1, 0.15) is 5.89 Å². The Kier molecular flexibility index (Phi) is 3.70. The quantitative estimate of drug-likeness (QED) is 0.858. The van der Waals surface area contributed by atoms with Gasteiger partial charge in [0.2, 0.25) is 11.8 Å². The topological polar surface area (TPSA) is 57.4 Å². The van der Waals surface area contributed by atoms with Crippen LogP contribution in [0.25, 0.3) is 11.5 Å². The van der Waals surface area contributed by atoms with Crippen molar-refractivity contribution in [1.29, 1.82) is 0 Å². The normalized spacial score (nSPS) is 11.6. The molecule has 0 spiro atoms. The van der Waals surface area contributed by atoms with E-state index in [2.05, 4.69) is 14.9 Å². The van der Waals surface area contributed by atoms with Gasteiger partial charge in [0.1, 0.15) is 12.4 Å². The molecular weight excluding hydrogens is 265 g/mol. The van der Waals surface area contributed by atoms with Crippen LogP contribution < -0.4 is 4.74 Å². The van der Waals surface area contributed by atoms with Crippen LogP contribution >= 0.6 is 0 Å². The highest BCUT2D eigenvalue weighted by atomic mass is 19.4. The average molecular weight is 274 g/mol. The Labute approximate surface area is 106 Å². The Morgan fingerprint density at radius 3 is 2.42 bits per heavy atom. The first kappa shape index (κ1) is 13.3. The van der Waals surface area contributed by atoms with Gasteiger partial charge in [-0.05, 0) is 24.3 Å². The van der Waals surface area contributed by atoms with E-state index in [1.807, 2.05) is 0 Å². The summed E-state index contributed by atoms with van der Waals surface area (Å²) in [5.41, 5.74) is 0.490. The third-order valence-corrected chi connectivity index (χ3v) is 2.07. The monoisotopic (exact) mass is 274 g/mol. The van der Waals surface area contributed by atoms with E-state index >= 15 is 0 Å². The lowest BCUT2D eigenvalue weighted by Crippen LogP contribution is -2.16. The molecule has 0 aliphatic heterocycles. The lowest BCUT2D eigenvalue weighted by atomic mass is 10.2. The van der Waals surface area contributed by atoms with Crippen LogP contribution in [0.5, 0.6) is 5.75 Å². The average Bonchev–Trinajstić information content (AvgIpc) is 2.77. The highest BCUT2D eigenvalue weighted by Gasteiger charge is 2.31.